The predicted octanol–water partition coefficient (Wildman–Crippen LogP) is 6.48. The summed E-state index contributed by atoms with van der Waals surface area (Å²) in [5.74, 6) is -0.129. The zero-order chi connectivity index (χ0) is 34.3. The zero-order valence-electron chi connectivity index (χ0n) is 29.8. The average Bonchev–Trinajstić information content (AvgIpc) is 3.23. The van der Waals surface area contributed by atoms with Crippen LogP contribution in [0.4, 0.5) is 0 Å². The van der Waals surface area contributed by atoms with Crippen LogP contribution >= 0.6 is 0 Å². The van der Waals surface area contributed by atoms with Crippen molar-refractivity contribution < 1.29 is 42.9 Å². The van der Waals surface area contributed by atoms with E-state index in [4.69, 9.17) is 18.9 Å². The summed E-state index contributed by atoms with van der Waals surface area (Å²) in [6.45, 7) is 18.6. The monoisotopic (exact) mass is 646 g/mol. The van der Waals surface area contributed by atoms with Gasteiger partial charge in [-0.05, 0) is 90.8 Å². The minimum atomic E-state index is -0.573. The Bertz CT molecular complexity index is 1180. The molecule has 0 saturated heterocycles. The van der Waals surface area contributed by atoms with E-state index < -0.39 is 36.4 Å². The second-order valence-corrected chi connectivity index (χ2v) is 16.1. The summed E-state index contributed by atoms with van der Waals surface area (Å²) in [4.78, 5) is 62.6. The summed E-state index contributed by atoms with van der Waals surface area (Å²) < 4.78 is 23.4. The van der Waals surface area contributed by atoms with Gasteiger partial charge in [0, 0.05) is 46.5 Å². The molecule has 0 aromatic heterocycles. The quantitative estimate of drug-likeness (QED) is 0.205. The van der Waals surface area contributed by atoms with Crippen LogP contribution in [0.15, 0.2) is 0 Å². The van der Waals surface area contributed by atoms with E-state index in [0.29, 0.717) is 31.6 Å². The highest BCUT2D eigenvalue weighted by molar-refractivity contribution is 5.79. The molecule has 4 fully saturated rings. The fourth-order valence-corrected chi connectivity index (χ4v) is 10.7. The molecule has 9 nitrogen and oxygen atoms in total. The molecule has 46 heavy (non-hydrogen) atoms. The lowest BCUT2D eigenvalue weighted by molar-refractivity contribution is -0.187. The highest BCUT2D eigenvalue weighted by atomic mass is 16.6. The van der Waals surface area contributed by atoms with E-state index in [9.17, 15) is 24.0 Å². The van der Waals surface area contributed by atoms with Gasteiger partial charge in [0.25, 0.3) is 0 Å². The van der Waals surface area contributed by atoms with Gasteiger partial charge < -0.3 is 18.9 Å². The van der Waals surface area contributed by atoms with Gasteiger partial charge in [-0.25, -0.2) is 0 Å². The van der Waals surface area contributed by atoms with E-state index in [1.54, 1.807) is 0 Å². The number of esters is 4. The number of Topliss-reactive ketones (excluding diaryl/α,β-unsaturated/α-hetero) is 1. The smallest absolute Gasteiger partial charge is 0.303 e. The van der Waals surface area contributed by atoms with Crippen molar-refractivity contribution in [3.63, 3.8) is 0 Å². The Hall–Kier alpha value is -2.45. The van der Waals surface area contributed by atoms with Crippen molar-refractivity contribution in [2.45, 2.75) is 145 Å². The van der Waals surface area contributed by atoms with Crippen LogP contribution in [-0.4, -0.2) is 54.1 Å². The number of carbonyl (C=O) groups is 5. The molecule has 0 aromatic rings. The number of ether oxygens (including phenoxy) is 4. The number of hydrogen-bond donors (Lipinski definition) is 0. The fraction of sp³-hybridized carbons (Fsp3) is 0.865. The van der Waals surface area contributed by atoms with Crippen LogP contribution < -0.4 is 0 Å². The molecule has 0 spiro atoms. The number of ketones is 1. The lowest BCUT2D eigenvalue weighted by Gasteiger charge is -2.57. The Kier molecular flexibility index (Phi) is 11.0. The summed E-state index contributed by atoms with van der Waals surface area (Å²) >= 11 is 0. The first-order valence-electron chi connectivity index (χ1n) is 17.6. The van der Waals surface area contributed by atoms with Crippen LogP contribution in [0.25, 0.3) is 0 Å². The molecule has 0 heterocycles. The summed E-state index contributed by atoms with van der Waals surface area (Å²) in [6, 6.07) is 0. The topological polar surface area (TPSA) is 122 Å². The van der Waals surface area contributed by atoms with Crippen LogP contribution in [0.1, 0.15) is 121 Å². The highest BCUT2D eigenvalue weighted by Crippen LogP contribution is 2.67. The Balaban J connectivity index is 1.66. The first-order chi connectivity index (χ1) is 21.4. The molecule has 4 rings (SSSR count). The molecule has 4 aliphatic carbocycles. The molecular weight excluding hydrogens is 588 g/mol. The van der Waals surface area contributed by atoms with E-state index in [2.05, 4.69) is 41.5 Å². The number of fused-ring (bicyclic) bond motifs is 5. The van der Waals surface area contributed by atoms with E-state index >= 15 is 0 Å². The van der Waals surface area contributed by atoms with E-state index in [-0.39, 0.29) is 70.0 Å². The SMILES string of the molecule is CC(=O)O[C@H]([C@@H](C)[C@H]1CC[C@H]2[C@@H]3CC(=O)C[C@H]4C[C@H](OC(C)=O)[C@H](OC(C)=O)C[C@]4(C)[C@H]3CC[C@]12C)[C@H](OC(C)=O)[C@@H](C)C(C)C. The molecule has 0 aromatic carbocycles. The second-order valence-electron chi connectivity index (χ2n) is 16.1. The third-order valence-corrected chi connectivity index (χ3v) is 13.1. The van der Waals surface area contributed by atoms with Gasteiger partial charge in [0.1, 0.15) is 30.2 Å². The van der Waals surface area contributed by atoms with Crippen LogP contribution in [0.2, 0.25) is 0 Å². The van der Waals surface area contributed by atoms with Gasteiger partial charge in [-0.2, -0.15) is 0 Å². The van der Waals surface area contributed by atoms with Crippen molar-refractivity contribution in [3.8, 4) is 0 Å². The first kappa shape index (κ1) is 36.4. The fourth-order valence-electron chi connectivity index (χ4n) is 10.7. The average molecular weight is 647 g/mol. The minimum Gasteiger partial charge on any atom is -0.459 e. The van der Waals surface area contributed by atoms with Crippen molar-refractivity contribution >= 4 is 29.7 Å². The molecule has 0 aliphatic heterocycles. The minimum absolute atomic E-state index is 0.0138. The normalized spacial score (nSPS) is 38.2. The maximum absolute atomic E-state index is 13.7. The molecule has 0 amide bonds. The van der Waals surface area contributed by atoms with Gasteiger partial charge in [-0.1, -0.05) is 41.5 Å². The molecule has 4 aliphatic rings. The Morgan fingerprint density at radius 3 is 1.85 bits per heavy atom. The van der Waals surface area contributed by atoms with Crippen molar-refractivity contribution in [2.24, 2.45) is 58.2 Å². The van der Waals surface area contributed by atoms with Crippen molar-refractivity contribution in [2.75, 3.05) is 0 Å². The Labute approximate surface area is 275 Å². The Morgan fingerprint density at radius 1 is 0.717 bits per heavy atom. The van der Waals surface area contributed by atoms with Gasteiger partial charge in [0.2, 0.25) is 0 Å². The van der Waals surface area contributed by atoms with Gasteiger partial charge in [0.05, 0.1) is 0 Å². The van der Waals surface area contributed by atoms with E-state index in [1.165, 1.54) is 27.7 Å². The number of carbonyl (C=O) groups excluding carboxylic acids is 5. The lowest BCUT2D eigenvalue weighted by Crippen LogP contribution is -2.55. The molecule has 4 saturated carbocycles. The number of rotatable bonds is 9. The van der Waals surface area contributed by atoms with Crippen LogP contribution in [0, 0.1) is 58.2 Å². The van der Waals surface area contributed by atoms with E-state index in [1.807, 2.05) is 0 Å². The summed E-state index contributed by atoms with van der Waals surface area (Å²) in [6.07, 6.45) is 3.69. The highest BCUT2D eigenvalue weighted by Gasteiger charge is 2.63. The van der Waals surface area contributed by atoms with Gasteiger partial charge in [0.15, 0.2) is 0 Å². The maximum Gasteiger partial charge on any atom is 0.303 e. The first-order valence-corrected chi connectivity index (χ1v) is 17.6. The summed E-state index contributed by atoms with van der Waals surface area (Å²) in [7, 11) is 0. The molecule has 0 bridgehead atoms. The molecule has 0 radical (unpaired) electrons. The predicted molar refractivity (Wildman–Crippen MR) is 171 cm³/mol. The molecule has 0 unspecified atom stereocenters. The standard InChI is InChI=1S/C37H58O9/c1-19(2)20(3)34(45-24(7)40)35(46-25(8)41)21(4)29-11-12-30-28-17-27(42)15-26-16-32(43-22(5)38)33(44-23(6)39)18-37(26,10)31(28)13-14-36(29,30)9/h19-21,26,28-35H,11-18H2,1-10H3/t20-,21-,26-,28-,29+,30-,31-,32-,33+,34+,35+,36+,37-/m0/s1. The lowest BCUT2D eigenvalue weighted by atomic mass is 9.48. The molecule has 0 N–H and O–H groups in total. The van der Waals surface area contributed by atoms with Crippen LogP contribution in [0.5, 0.6) is 0 Å². The molecule has 13 atom stereocenters. The maximum atomic E-state index is 13.7. The third kappa shape index (κ3) is 7.18. The summed E-state index contributed by atoms with van der Waals surface area (Å²) in [5, 5.41) is 0. The largest absolute Gasteiger partial charge is 0.459 e. The summed E-state index contributed by atoms with van der Waals surface area (Å²) in [5.41, 5.74) is -0.326. The van der Waals surface area contributed by atoms with Gasteiger partial charge in [-0.3, -0.25) is 24.0 Å². The second kappa shape index (κ2) is 14.0. The van der Waals surface area contributed by atoms with Crippen molar-refractivity contribution in [1.82, 2.24) is 0 Å². The Morgan fingerprint density at radius 2 is 1.28 bits per heavy atom. The molecular formula is C37H58O9. The van der Waals surface area contributed by atoms with E-state index in [0.717, 1.165) is 25.7 Å². The number of hydrogen-bond acceptors (Lipinski definition) is 9. The molecule has 9 heteroatoms. The van der Waals surface area contributed by atoms with Gasteiger partial charge in [-0.15, -0.1) is 0 Å². The van der Waals surface area contributed by atoms with Crippen molar-refractivity contribution in [3.05, 3.63) is 0 Å². The van der Waals surface area contributed by atoms with Crippen LogP contribution in [-0.2, 0) is 42.9 Å². The third-order valence-electron chi connectivity index (χ3n) is 13.1. The zero-order valence-corrected chi connectivity index (χ0v) is 29.8. The molecule has 260 valence electrons. The van der Waals surface area contributed by atoms with Crippen LogP contribution in [0.3, 0.4) is 0 Å². The van der Waals surface area contributed by atoms with Crippen molar-refractivity contribution in [1.29, 1.82) is 0 Å². The van der Waals surface area contributed by atoms with Gasteiger partial charge >= 0.3 is 23.9 Å².